The average molecular weight is 426 g/mol. The van der Waals surface area contributed by atoms with Crippen LogP contribution in [0.25, 0.3) is 0 Å². The van der Waals surface area contributed by atoms with Crippen molar-refractivity contribution in [2.45, 2.75) is 45.9 Å². The van der Waals surface area contributed by atoms with Crippen LogP contribution in [0.3, 0.4) is 0 Å². The van der Waals surface area contributed by atoms with Crippen LogP contribution in [-0.2, 0) is 19.6 Å². The van der Waals surface area contributed by atoms with Crippen molar-refractivity contribution >= 4 is 39.0 Å². The number of esters is 1. The number of ether oxygens (including phenoxy) is 1. The van der Waals surface area contributed by atoms with E-state index < -0.39 is 27.3 Å². The van der Waals surface area contributed by atoms with Gasteiger partial charge in [0.05, 0.1) is 23.5 Å². The number of hydrogen-bond donors (Lipinski definition) is 2. The Morgan fingerprint density at radius 3 is 2.61 bits per heavy atom. The normalized spacial score (nSPS) is 17.6. The quantitative estimate of drug-likeness (QED) is 0.513. The molecule has 0 fully saturated rings. The molecule has 0 radical (unpaired) electrons. The Hall–Kier alpha value is -2.13. The molecule has 154 valence electrons. The van der Waals surface area contributed by atoms with Gasteiger partial charge in [0.15, 0.2) is 5.11 Å². The molecule has 2 N–H and O–H groups in total. The molecule has 1 aliphatic heterocycles. The smallest absolute Gasteiger partial charge is 0.338 e. The lowest BCUT2D eigenvalue weighted by Crippen LogP contribution is -2.47. The monoisotopic (exact) mass is 425 g/mol. The van der Waals surface area contributed by atoms with Gasteiger partial charge in [-0.1, -0.05) is 12.1 Å². The van der Waals surface area contributed by atoms with Gasteiger partial charge in [-0.2, -0.15) is 0 Å². The van der Waals surface area contributed by atoms with Crippen LogP contribution < -0.4 is 10.0 Å². The van der Waals surface area contributed by atoms with Crippen LogP contribution in [0.1, 0.15) is 46.2 Å². The maximum Gasteiger partial charge on any atom is 0.338 e. The average Bonchev–Trinajstić information content (AvgIpc) is 2.61. The van der Waals surface area contributed by atoms with Gasteiger partial charge < -0.3 is 15.0 Å². The first-order chi connectivity index (χ1) is 13.1. The number of benzene rings is 1. The Labute approximate surface area is 172 Å². The summed E-state index contributed by atoms with van der Waals surface area (Å²) >= 11 is 5.46. The van der Waals surface area contributed by atoms with Gasteiger partial charge in [-0.3, -0.25) is 4.72 Å². The van der Waals surface area contributed by atoms with E-state index in [2.05, 4.69) is 10.0 Å². The van der Waals surface area contributed by atoms with Crippen LogP contribution in [-0.4, -0.2) is 42.8 Å². The van der Waals surface area contributed by atoms with Crippen molar-refractivity contribution < 1.29 is 17.9 Å². The summed E-state index contributed by atoms with van der Waals surface area (Å²) in [5.74, 6) is -0.424. The standard InChI is InChI=1S/C19H27N3O4S2/c1-6-22-13(5)16(18(23)26-7-2)17(20-19(22)27)14-9-8-10-15(11-14)21-28(24,25)12(3)4/h8-12,17,21H,6-7H2,1-5H3,(H,20,27). The van der Waals surface area contributed by atoms with Gasteiger partial charge in [-0.15, -0.1) is 0 Å². The Morgan fingerprint density at radius 1 is 1.36 bits per heavy atom. The third kappa shape index (κ3) is 4.64. The van der Waals surface area contributed by atoms with E-state index in [1.807, 2.05) is 24.8 Å². The summed E-state index contributed by atoms with van der Waals surface area (Å²) < 4.78 is 32.2. The fourth-order valence-electron chi connectivity index (χ4n) is 2.95. The summed E-state index contributed by atoms with van der Waals surface area (Å²) in [5, 5.41) is 3.13. The van der Waals surface area contributed by atoms with Gasteiger partial charge in [0.1, 0.15) is 0 Å². The van der Waals surface area contributed by atoms with Gasteiger partial charge >= 0.3 is 5.97 Å². The van der Waals surface area contributed by atoms with E-state index in [-0.39, 0.29) is 6.61 Å². The van der Waals surface area contributed by atoms with Crippen LogP contribution >= 0.6 is 12.2 Å². The van der Waals surface area contributed by atoms with Crippen LogP contribution in [0.15, 0.2) is 35.5 Å². The molecule has 0 saturated heterocycles. The van der Waals surface area contributed by atoms with Crippen LogP contribution in [0.4, 0.5) is 5.69 Å². The second kappa shape index (κ2) is 8.91. The predicted molar refractivity (Wildman–Crippen MR) is 114 cm³/mol. The number of thiocarbonyl (C=S) groups is 1. The highest BCUT2D eigenvalue weighted by Crippen LogP contribution is 2.32. The fraction of sp³-hybridized carbons (Fsp3) is 0.474. The lowest BCUT2D eigenvalue weighted by Gasteiger charge is -2.37. The number of sulfonamides is 1. The number of rotatable bonds is 7. The van der Waals surface area contributed by atoms with E-state index in [0.29, 0.717) is 28.5 Å². The van der Waals surface area contributed by atoms with E-state index in [1.165, 1.54) is 0 Å². The van der Waals surface area contributed by atoms with Crippen molar-refractivity contribution in [2.75, 3.05) is 17.9 Å². The topological polar surface area (TPSA) is 87.7 Å². The zero-order valence-corrected chi connectivity index (χ0v) is 18.4. The summed E-state index contributed by atoms with van der Waals surface area (Å²) in [6, 6.07) is 6.40. The number of anilines is 1. The van der Waals surface area contributed by atoms with E-state index in [4.69, 9.17) is 17.0 Å². The zero-order valence-electron chi connectivity index (χ0n) is 16.8. The van der Waals surface area contributed by atoms with Crippen molar-refractivity contribution in [3.8, 4) is 0 Å². The predicted octanol–water partition coefficient (Wildman–Crippen LogP) is 2.92. The van der Waals surface area contributed by atoms with Crippen LogP contribution in [0.5, 0.6) is 0 Å². The summed E-state index contributed by atoms with van der Waals surface area (Å²) in [4.78, 5) is 14.5. The minimum Gasteiger partial charge on any atom is -0.463 e. The maximum absolute atomic E-state index is 12.7. The summed E-state index contributed by atoms with van der Waals surface area (Å²) in [6.07, 6.45) is 0. The molecule has 0 saturated carbocycles. The van der Waals surface area contributed by atoms with Crippen LogP contribution in [0.2, 0.25) is 0 Å². The van der Waals surface area contributed by atoms with E-state index in [1.54, 1.807) is 39.0 Å². The van der Waals surface area contributed by atoms with Gasteiger partial charge in [-0.05, 0) is 64.5 Å². The molecule has 7 nitrogen and oxygen atoms in total. The molecule has 28 heavy (non-hydrogen) atoms. The molecule has 0 aliphatic carbocycles. The van der Waals surface area contributed by atoms with Gasteiger partial charge in [0, 0.05) is 17.9 Å². The third-order valence-electron chi connectivity index (χ3n) is 4.51. The van der Waals surface area contributed by atoms with E-state index >= 15 is 0 Å². The lowest BCUT2D eigenvalue weighted by molar-refractivity contribution is -0.139. The fourth-order valence-corrected chi connectivity index (χ4v) is 4.02. The molecule has 0 amide bonds. The van der Waals surface area contributed by atoms with Crippen molar-refractivity contribution in [2.24, 2.45) is 0 Å². The molecule has 1 unspecified atom stereocenters. The lowest BCUT2D eigenvalue weighted by atomic mass is 9.94. The van der Waals surface area contributed by atoms with Gasteiger partial charge in [0.2, 0.25) is 10.0 Å². The molecule has 1 heterocycles. The Morgan fingerprint density at radius 2 is 2.04 bits per heavy atom. The van der Waals surface area contributed by atoms with Crippen molar-refractivity contribution in [1.82, 2.24) is 10.2 Å². The number of nitrogens with one attached hydrogen (secondary N) is 2. The van der Waals surface area contributed by atoms with Crippen molar-refractivity contribution in [3.63, 3.8) is 0 Å². The number of carbonyl (C=O) groups is 1. The first-order valence-electron chi connectivity index (χ1n) is 9.19. The number of carbonyl (C=O) groups excluding carboxylic acids is 1. The number of hydrogen-bond acceptors (Lipinski definition) is 5. The minimum atomic E-state index is -3.48. The van der Waals surface area contributed by atoms with Gasteiger partial charge in [0.25, 0.3) is 0 Å². The Balaban J connectivity index is 2.49. The molecule has 9 heteroatoms. The van der Waals surface area contributed by atoms with Gasteiger partial charge in [-0.25, -0.2) is 13.2 Å². The third-order valence-corrected chi connectivity index (χ3v) is 6.61. The second-order valence-corrected chi connectivity index (χ2v) is 9.29. The highest BCUT2D eigenvalue weighted by Gasteiger charge is 2.34. The highest BCUT2D eigenvalue weighted by molar-refractivity contribution is 7.93. The Kier molecular flexibility index (Phi) is 7.06. The molecule has 1 aromatic carbocycles. The van der Waals surface area contributed by atoms with Crippen LogP contribution in [0, 0.1) is 0 Å². The number of allylic oxidation sites excluding steroid dienone is 1. The van der Waals surface area contributed by atoms with E-state index in [0.717, 1.165) is 5.70 Å². The second-order valence-electron chi connectivity index (χ2n) is 6.67. The maximum atomic E-state index is 12.7. The molecule has 0 bridgehead atoms. The molecule has 1 atom stereocenters. The largest absolute Gasteiger partial charge is 0.463 e. The number of nitrogens with zero attached hydrogens (tertiary/aromatic N) is 1. The first-order valence-corrected chi connectivity index (χ1v) is 11.1. The molecular formula is C19H27N3O4S2. The molecule has 1 aliphatic rings. The Bertz CT molecular complexity index is 894. The molecule has 0 aromatic heterocycles. The molecule has 0 spiro atoms. The van der Waals surface area contributed by atoms with Crippen molar-refractivity contribution in [3.05, 3.63) is 41.1 Å². The first kappa shape index (κ1) is 22.2. The summed E-state index contributed by atoms with van der Waals surface area (Å²) in [6.45, 7) is 9.62. The molecule has 1 aromatic rings. The SMILES string of the molecule is CCOC(=O)C1=C(C)N(CC)C(=S)NC1c1cccc(NS(=O)(=O)C(C)C)c1. The highest BCUT2D eigenvalue weighted by atomic mass is 32.2. The molecular weight excluding hydrogens is 398 g/mol. The van der Waals surface area contributed by atoms with E-state index in [9.17, 15) is 13.2 Å². The molecule has 2 rings (SSSR count). The summed E-state index contributed by atoms with van der Waals surface area (Å²) in [5.41, 5.74) is 2.33. The zero-order chi connectivity index (χ0) is 21.1. The van der Waals surface area contributed by atoms with Crippen molar-refractivity contribution in [1.29, 1.82) is 0 Å². The summed E-state index contributed by atoms with van der Waals surface area (Å²) in [7, 11) is -3.48. The minimum absolute atomic E-state index is 0.257.